The maximum absolute atomic E-state index is 8.76. The van der Waals surface area contributed by atoms with Crippen LogP contribution < -0.4 is 4.74 Å². The summed E-state index contributed by atoms with van der Waals surface area (Å²) in [5.41, 5.74) is 0.867. The van der Waals surface area contributed by atoms with Crippen molar-refractivity contribution < 1.29 is 8.85 Å². The zero-order valence-corrected chi connectivity index (χ0v) is 8.03. The fourth-order valence-electron chi connectivity index (χ4n) is 1.62. The maximum atomic E-state index is 8.76. The van der Waals surface area contributed by atoms with Crippen LogP contribution in [0.4, 0.5) is 0 Å². The van der Waals surface area contributed by atoms with Gasteiger partial charge in [-0.25, -0.2) is 0 Å². The van der Waals surface area contributed by atoms with Gasteiger partial charge in [0, 0.05) is 0 Å². The van der Waals surface area contributed by atoms with Gasteiger partial charge in [-0.05, 0) is 28.5 Å². The summed E-state index contributed by atoms with van der Waals surface area (Å²) in [4.78, 5) is 0. The third-order valence-corrected chi connectivity index (χ3v) is 2.33. The van der Waals surface area contributed by atoms with Crippen LogP contribution in [0, 0.1) is 11.3 Å². The Morgan fingerprint density at radius 3 is 3.13 bits per heavy atom. The van der Waals surface area contributed by atoms with Gasteiger partial charge in [0.2, 0.25) is 0 Å². The topological polar surface area (TPSA) is 33.0 Å². The van der Waals surface area contributed by atoms with Gasteiger partial charge in [-0.3, -0.25) is 0 Å². The molecule has 0 aromatic heterocycles. The van der Waals surface area contributed by atoms with Crippen LogP contribution >= 0.6 is 0 Å². The second-order valence-corrected chi connectivity index (χ2v) is 3.24. The van der Waals surface area contributed by atoms with Crippen LogP contribution in [-0.2, 0) is 6.42 Å². The van der Waals surface area contributed by atoms with E-state index in [1.54, 1.807) is 18.2 Å². The summed E-state index contributed by atoms with van der Waals surface area (Å²) in [6.45, 7) is 0. The number of rotatable bonds is 2. The lowest BCUT2D eigenvalue weighted by molar-refractivity contribution is 0.415. The molecule has 0 radical (unpaired) electrons. The highest BCUT2D eigenvalue weighted by Crippen LogP contribution is 2.24. The van der Waals surface area contributed by atoms with E-state index < -0.39 is 7.04 Å². The fraction of sp³-hybridized carbons (Fsp3) is 0.154. The molecule has 0 fully saturated rings. The average Bonchev–Trinajstić information content (AvgIpc) is 2.28. The Bertz CT molecular complexity index is 614. The highest BCUT2D eigenvalue weighted by atomic mass is 16.5. The average molecular weight is 200 g/mol. The zero-order valence-electron chi connectivity index (χ0n) is 11.0. The highest BCUT2D eigenvalue weighted by molar-refractivity contribution is 5.87. The molecule has 0 unspecified atom stereocenters. The summed E-state index contributed by atoms with van der Waals surface area (Å²) in [6.07, 6.45) is 0.286. The van der Waals surface area contributed by atoms with Crippen molar-refractivity contribution in [3.8, 4) is 11.8 Å². The zero-order chi connectivity index (χ0) is 13.2. The smallest absolute Gasteiger partial charge is 0.119 e. The van der Waals surface area contributed by atoms with Gasteiger partial charge in [0.25, 0.3) is 0 Å². The first-order chi connectivity index (χ1) is 8.49. The largest absolute Gasteiger partial charge is 0.497 e. The molecule has 0 spiro atoms. The maximum Gasteiger partial charge on any atom is 0.119 e. The first-order valence-electron chi connectivity index (χ1n) is 6.07. The predicted molar refractivity (Wildman–Crippen MR) is 59.8 cm³/mol. The van der Waals surface area contributed by atoms with Crippen LogP contribution in [0.15, 0.2) is 36.4 Å². The molecule has 2 aromatic rings. The van der Waals surface area contributed by atoms with Crippen molar-refractivity contribution in [2.24, 2.45) is 0 Å². The van der Waals surface area contributed by atoms with Gasteiger partial charge in [0.1, 0.15) is 5.75 Å². The molecule has 0 aliphatic heterocycles. The first kappa shape index (κ1) is 6.47. The third-order valence-electron chi connectivity index (χ3n) is 2.33. The van der Waals surface area contributed by atoms with Gasteiger partial charge in [0.05, 0.1) is 23.6 Å². The Hall–Kier alpha value is -2.01. The van der Waals surface area contributed by atoms with Gasteiger partial charge in [-0.2, -0.15) is 5.26 Å². The Kier molecular flexibility index (Phi) is 1.73. The summed E-state index contributed by atoms with van der Waals surface area (Å²) < 4.78 is 26.1. The minimum atomic E-state index is -2.46. The SMILES string of the molecule is [2H]C([2H])([2H])Oc1ccc2cccc(CC#N)c2c1. The van der Waals surface area contributed by atoms with Crippen molar-refractivity contribution in [2.75, 3.05) is 7.04 Å². The Balaban J connectivity index is 2.49. The van der Waals surface area contributed by atoms with E-state index in [4.69, 9.17) is 14.1 Å². The molecule has 0 N–H and O–H groups in total. The standard InChI is InChI=1S/C13H11NO/c1-15-12-6-5-10-3-2-4-11(7-8-14)13(10)9-12/h2-6,9H,7H2,1H3/i1D3. The molecule has 0 heterocycles. The molecule has 74 valence electrons. The van der Waals surface area contributed by atoms with E-state index in [-0.39, 0.29) is 12.2 Å². The van der Waals surface area contributed by atoms with Crippen LogP contribution in [0.3, 0.4) is 0 Å². The van der Waals surface area contributed by atoms with E-state index >= 15 is 0 Å². The fourth-order valence-corrected chi connectivity index (χ4v) is 1.62. The van der Waals surface area contributed by atoms with Gasteiger partial charge < -0.3 is 4.74 Å². The van der Waals surface area contributed by atoms with Gasteiger partial charge in [-0.1, -0.05) is 24.3 Å². The van der Waals surface area contributed by atoms with E-state index in [1.165, 1.54) is 0 Å². The summed E-state index contributed by atoms with van der Waals surface area (Å²) in [6, 6.07) is 12.8. The van der Waals surface area contributed by atoms with Crippen LogP contribution in [-0.4, -0.2) is 7.04 Å². The number of hydrogen-bond donors (Lipinski definition) is 0. The van der Waals surface area contributed by atoms with E-state index in [2.05, 4.69) is 6.07 Å². The monoisotopic (exact) mass is 200 g/mol. The van der Waals surface area contributed by atoms with Crippen molar-refractivity contribution in [3.63, 3.8) is 0 Å². The van der Waals surface area contributed by atoms with E-state index in [9.17, 15) is 0 Å². The number of benzene rings is 2. The number of fused-ring (bicyclic) bond motifs is 1. The first-order valence-corrected chi connectivity index (χ1v) is 4.57. The van der Waals surface area contributed by atoms with Gasteiger partial charge in [0.15, 0.2) is 0 Å². The second-order valence-electron chi connectivity index (χ2n) is 3.24. The van der Waals surface area contributed by atoms with Crippen molar-refractivity contribution in [1.29, 1.82) is 5.26 Å². The molecule has 0 saturated heterocycles. The van der Waals surface area contributed by atoms with Crippen molar-refractivity contribution in [3.05, 3.63) is 42.0 Å². The van der Waals surface area contributed by atoms with Crippen LogP contribution in [0.2, 0.25) is 0 Å². The summed E-state index contributed by atoms with van der Waals surface area (Å²) in [5.74, 6) is 0.285. The van der Waals surface area contributed by atoms with E-state index in [1.807, 2.05) is 18.2 Å². The van der Waals surface area contributed by atoms with Crippen molar-refractivity contribution >= 4 is 10.8 Å². The van der Waals surface area contributed by atoms with E-state index in [0.717, 1.165) is 16.3 Å². The predicted octanol–water partition coefficient (Wildman–Crippen LogP) is 2.91. The van der Waals surface area contributed by atoms with Crippen LogP contribution in [0.25, 0.3) is 10.8 Å². The molecule has 0 saturated carbocycles. The molecule has 0 amide bonds. The molecule has 2 heteroatoms. The minimum Gasteiger partial charge on any atom is -0.497 e. The molecule has 0 bridgehead atoms. The van der Waals surface area contributed by atoms with Gasteiger partial charge >= 0.3 is 0 Å². The van der Waals surface area contributed by atoms with Crippen LogP contribution in [0.1, 0.15) is 9.68 Å². The summed E-state index contributed by atoms with van der Waals surface area (Å²) >= 11 is 0. The molecule has 2 aromatic carbocycles. The Labute approximate surface area is 92.9 Å². The molecule has 2 nitrogen and oxygen atoms in total. The third kappa shape index (κ3) is 1.77. The highest BCUT2D eigenvalue weighted by Gasteiger charge is 2.01. The second kappa shape index (κ2) is 4.02. The van der Waals surface area contributed by atoms with Crippen LogP contribution in [0.5, 0.6) is 5.75 Å². The minimum absolute atomic E-state index is 0.285. The molecular formula is C13H11NO. The number of nitriles is 1. The normalized spacial score (nSPS) is 13.7. The molecule has 15 heavy (non-hydrogen) atoms. The molecular weight excluding hydrogens is 186 g/mol. The lowest BCUT2D eigenvalue weighted by atomic mass is 10.0. The van der Waals surface area contributed by atoms with E-state index in [0.29, 0.717) is 0 Å². The number of methoxy groups -OCH3 is 1. The Morgan fingerprint density at radius 1 is 1.40 bits per heavy atom. The number of hydrogen-bond acceptors (Lipinski definition) is 2. The van der Waals surface area contributed by atoms with Gasteiger partial charge in [-0.15, -0.1) is 0 Å². The molecule has 0 aliphatic carbocycles. The van der Waals surface area contributed by atoms with Crippen molar-refractivity contribution in [2.45, 2.75) is 6.42 Å². The number of nitrogens with zero attached hydrogens (tertiary/aromatic N) is 1. The Morgan fingerprint density at radius 2 is 2.33 bits per heavy atom. The molecule has 2 rings (SSSR count). The quantitative estimate of drug-likeness (QED) is 0.746. The van der Waals surface area contributed by atoms with Crippen molar-refractivity contribution in [1.82, 2.24) is 0 Å². The summed E-state index contributed by atoms with van der Waals surface area (Å²) in [7, 11) is -2.46. The number of ether oxygens (including phenoxy) is 1. The lowest BCUT2D eigenvalue weighted by Gasteiger charge is -2.05. The summed E-state index contributed by atoms with van der Waals surface area (Å²) in [5, 5.41) is 10.6. The molecule has 0 aliphatic rings. The lowest BCUT2D eigenvalue weighted by Crippen LogP contribution is -1.87. The molecule has 0 atom stereocenters.